The average molecular weight is 531 g/mol. The molecule has 0 aliphatic carbocycles. The predicted molar refractivity (Wildman–Crippen MR) is 140 cm³/mol. The van der Waals surface area contributed by atoms with Crippen molar-refractivity contribution in [3.63, 3.8) is 0 Å². The van der Waals surface area contributed by atoms with E-state index in [1.54, 1.807) is 24.0 Å². The van der Waals surface area contributed by atoms with Crippen molar-refractivity contribution in [1.82, 2.24) is 20.9 Å². The number of amides is 3. The van der Waals surface area contributed by atoms with Gasteiger partial charge in [-0.1, -0.05) is 13.8 Å². The van der Waals surface area contributed by atoms with Crippen molar-refractivity contribution in [3.05, 3.63) is 70.3 Å². The number of carbonyl (C=O) groups excluding carboxylic acids is 3. The van der Waals surface area contributed by atoms with Crippen molar-refractivity contribution >= 4 is 17.7 Å². The monoisotopic (exact) mass is 530 g/mol. The van der Waals surface area contributed by atoms with Gasteiger partial charge in [-0.3, -0.25) is 14.4 Å². The number of carbonyl (C=O) groups is 3. The Morgan fingerprint density at radius 2 is 1.66 bits per heavy atom. The van der Waals surface area contributed by atoms with Gasteiger partial charge in [0.05, 0.1) is 12.1 Å². The molecule has 0 radical (unpaired) electrons. The van der Waals surface area contributed by atoms with Crippen molar-refractivity contribution in [3.8, 4) is 0 Å². The fourth-order valence-electron chi connectivity index (χ4n) is 4.69. The quantitative estimate of drug-likeness (QED) is 0.357. The van der Waals surface area contributed by atoms with Crippen LogP contribution < -0.4 is 16.0 Å². The molecule has 2 aromatic rings. The van der Waals surface area contributed by atoms with Gasteiger partial charge in [-0.05, 0) is 67.6 Å². The molecule has 1 aliphatic rings. The van der Waals surface area contributed by atoms with E-state index in [1.807, 2.05) is 13.8 Å². The van der Waals surface area contributed by atoms with Gasteiger partial charge in [-0.2, -0.15) is 0 Å². The Kier molecular flexibility index (Phi) is 10.3. The summed E-state index contributed by atoms with van der Waals surface area (Å²) in [5, 5.41) is 19.4. The van der Waals surface area contributed by atoms with Gasteiger partial charge < -0.3 is 26.0 Å². The lowest BCUT2D eigenvalue weighted by molar-refractivity contribution is -0.127. The second-order valence-electron chi connectivity index (χ2n) is 9.66. The van der Waals surface area contributed by atoms with Gasteiger partial charge in [0.15, 0.2) is 0 Å². The summed E-state index contributed by atoms with van der Waals surface area (Å²) in [5.41, 5.74) is 1.48. The van der Waals surface area contributed by atoms with Gasteiger partial charge in [0.2, 0.25) is 5.91 Å². The summed E-state index contributed by atoms with van der Waals surface area (Å²) in [6, 6.07) is 5.70. The highest BCUT2D eigenvalue weighted by atomic mass is 19.1. The number of benzene rings is 2. The number of aryl methyl sites for hydroxylation is 1. The highest BCUT2D eigenvalue weighted by molar-refractivity contribution is 6.00. The third-order valence-corrected chi connectivity index (χ3v) is 6.38. The first kappa shape index (κ1) is 29.2. The Labute approximate surface area is 221 Å². The number of nitrogens with zero attached hydrogens (tertiary/aromatic N) is 1. The number of aliphatic hydroxyl groups excluding tert-OH is 1. The number of rotatable bonds is 11. The van der Waals surface area contributed by atoms with E-state index in [2.05, 4.69) is 16.0 Å². The molecule has 2 aromatic carbocycles. The molecule has 0 saturated carbocycles. The lowest BCUT2D eigenvalue weighted by atomic mass is 9.94. The summed E-state index contributed by atoms with van der Waals surface area (Å²) < 4.78 is 27.7. The van der Waals surface area contributed by atoms with Crippen LogP contribution in [-0.2, 0) is 11.2 Å². The molecule has 10 heteroatoms. The topological polar surface area (TPSA) is 111 Å². The van der Waals surface area contributed by atoms with Crippen LogP contribution in [0.1, 0.15) is 58.5 Å². The molecule has 3 atom stereocenters. The number of hydrogen-bond donors (Lipinski definition) is 4. The summed E-state index contributed by atoms with van der Waals surface area (Å²) in [6.07, 6.45) is 0.0638. The summed E-state index contributed by atoms with van der Waals surface area (Å²) >= 11 is 0. The minimum atomic E-state index is -1.40. The van der Waals surface area contributed by atoms with Crippen LogP contribution in [0.3, 0.4) is 0 Å². The predicted octanol–water partition coefficient (Wildman–Crippen LogP) is 2.33. The average Bonchev–Trinajstić information content (AvgIpc) is 2.86. The first-order valence-electron chi connectivity index (χ1n) is 13.0. The largest absolute Gasteiger partial charge is 0.389 e. The number of nitrogens with one attached hydrogen (secondary N) is 3. The molecule has 1 saturated heterocycles. The van der Waals surface area contributed by atoms with E-state index >= 15 is 0 Å². The molecule has 8 nitrogen and oxygen atoms in total. The summed E-state index contributed by atoms with van der Waals surface area (Å²) in [5.74, 6) is -2.79. The molecule has 1 heterocycles. The zero-order chi connectivity index (χ0) is 27.8. The number of hydrogen-bond acceptors (Lipinski definition) is 5. The third kappa shape index (κ3) is 7.58. The van der Waals surface area contributed by atoms with Crippen LogP contribution in [0.25, 0.3) is 0 Å². The van der Waals surface area contributed by atoms with Crippen LogP contribution in [0.15, 0.2) is 36.4 Å². The summed E-state index contributed by atoms with van der Waals surface area (Å²) in [7, 11) is 0. The van der Waals surface area contributed by atoms with Crippen molar-refractivity contribution in [2.24, 2.45) is 0 Å². The maximum absolute atomic E-state index is 13.9. The first-order valence-corrected chi connectivity index (χ1v) is 13.0. The highest BCUT2D eigenvalue weighted by Crippen LogP contribution is 2.17. The van der Waals surface area contributed by atoms with E-state index in [1.165, 1.54) is 6.07 Å². The van der Waals surface area contributed by atoms with Gasteiger partial charge in [0.1, 0.15) is 17.7 Å². The maximum Gasteiger partial charge on any atom is 0.253 e. The van der Waals surface area contributed by atoms with Crippen LogP contribution >= 0.6 is 0 Å². The fourth-order valence-corrected chi connectivity index (χ4v) is 4.69. The van der Waals surface area contributed by atoms with Crippen LogP contribution in [0.2, 0.25) is 0 Å². The van der Waals surface area contributed by atoms with Crippen LogP contribution in [0.4, 0.5) is 8.78 Å². The standard InChI is InChI=1S/C28H36F2N4O4/c1-4-8-34(9-5-2)28(38)20-11-17(3)10-19(15-20)26(36)33-23(14-18-12-21(29)16-22(30)13-18)25(35)24-27(37)32-7-6-31-24/h10-13,15-16,23-25,31,35H,4-9,14H2,1-3H3,(H,32,37)(H,33,36)/t23-,24-,25?/m0/s1. The molecular weight excluding hydrogens is 494 g/mol. The van der Waals surface area contributed by atoms with Crippen molar-refractivity contribution < 1.29 is 28.3 Å². The Bertz CT molecular complexity index is 1130. The highest BCUT2D eigenvalue weighted by Gasteiger charge is 2.35. The SMILES string of the molecule is CCCN(CCC)C(=O)c1cc(C)cc(C(=O)N[C@@H](Cc2cc(F)cc(F)c2)C(O)[C@@H]2NCCNC2=O)c1. The Morgan fingerprint density at radius 3 is 2.26 bits per heavy atom. The van der Waals surface area contributed by atoms with Crippen LogP contribution in [0.5, 0.6) is 0 Å². The molecule has 1 aliphatic heterocycles. The molecule has 4 N–H and O–H groups in total. The fraction of sp³-hybridized carbons (Fsp3) is 0.464. The van der Waals surface area contributed by atoms with Crippen molar-refractivity contribution in [2.75, 3.05) is 26.2 Å². The number of aliphatic hydroxyl groups is 1. The number of piperazine rings is 1. The lowest BCUT2D eigenvalue weighted by Crippen LogP contribution is -2.63. The van der Waals surface area contributed by atoms with Crippen molar-refractivity contribution in [1.29, 1.82) is 0 Å². The Morgan fingerprint density at radius 1 is 1.03 bits per heavy atom. The van der Waals surface area contributed by atoms with Crippen LogP contribution in [0, 0.1) is 18.6 Å². The molecule has 1 fully saturated rings. The van der Waals surface area contributed by atoms with Crippen molar-refractivity contribution in [2.45, 2.75) is 58.2 Å². The Hall–Kier alpha value is -3.37. The van der Waals surface area contributed by atoms with Gasteiger partial charge >= 0.3 is 0 Å². The summed E-state index contributed by atoms with van der Waals surface area (Å²) in [6.45, 7) is 7.74. The molecular formula is C28H36F2N4O4. The Balaban J connectivity index is 1.89. The molecule has 1 unspecified atom stereocenters. The lowest BCUT2D eigenvalue weighted by Gasteiger charge is -2.33. The van der Waals surface area contributed by atoms with E-state index in [0.29, 0.717) is 37.3 Å². The molecule has 0 bridgehead atoms. The van der Waals surface area contributed by atoms with E-state index < -0.39 is 41.6 Å². The van der Waals surface area contributed by atoms with E-state index in [9.17, 15) is 28.3 Å². The smallest absolute Gasteiger partial charge is 0.253 e. The summed E-state index contributed by atoms with van der Waals surface area (Å²) in [4.78, 5) is 40.7. The van der Waals surface area contributed by atoms with Crippen LogP contribution in [-0.4, -0.2) is 72.1 Å². The van der Waals surface area contributed by atoms with Gasteiger partial charge in [-0.15, -0.1) is 0 Å². The second-order valence-corrected chi connectivity index (χ2v) is 9.66. The van der Waals surface area contributed by atoms with Gasteiger partial charge in [0, 0.05) is 43.4 Å². The molecule has 3 amide bonds. The second kappa shape index (κ2) is 13.4. The zero-order valence-corrected chi connectivity index (χ0v) is 22.0. The third-order valence-electron chi connectivity index (χ3n) is 6.38. The molecule has 38 heavy (non-hydrogen) atoms. The maximum atomic E-state index is 13.9. The van der Waals surface area contributed by atoms with E-state index in [0.717, 1.165) is 31.0 Å². The van der Waals surface area contributed by atoms with Gasteiger partial charge in [-0.25, -0.2) is 8.78 Å². The molecule has 0 spiro atoms. The molecule has 206 valence electrons. The molecule has 3 rings (SSSR count). The minimum absolute atomic E-state index is 0.134. The first-order chi connectivity index (χ1) is 18.1. The van der Waals surface area contributed by atoms with E-state index in [-0.39, 0.29) is 23.5 Å². The van der Waals surface area contributed by atoms with Gasteiger partial charge in [0.25, 0.3) is 11.8 Å². The minimum Gasteiger partial charge on any atom is -0.389 e. The molecule has 0 aromatic heterocycles. The zero-order valence-electron chi connectivity index (χ0n) is 22.0. The van der Waals surface area contributed by atoms with E-state index in [4.69, 9.17) is 0 Å². The number of halogens is 2. The normalized spacial score (nSPS) is 16.9.